The summed E-state index contributed by atoms with van der Waals surface area (Å²) >= 11 is 1.69. The van der Waals surface area contributed by atoms with Crippen LogP contribution in [0, 0.1) is 0 Å². The van der Waals surface area contributed by atoms with E-state index in [2.05, 4.69) is 29.0 Å². The molecule has 0 amide bonds. The molecule has 2 heterocycles. The van der Waals surface area contributed by atoms with Gasteiger partial charge in [-0.05, 0) is 24.1 Å². The Morgan fingerprint density at radius 3 is 2.69 bits per heavy atom. The number of aromatic nitrogens is 2. The maximum absolute atomic E-state index is 5.58. The third kappa shape index (κ3) is 2.28. The second-order valence-electron chi connectivity index (χ2n) is 3.62. The highest BCUT2D eigenvalue weighted by Gasteiger charge is 2.15. The van der Waals surface area contributed by atoms with Gasteiger partial charge in [0, 0.05) is 30.2 Å². The zero-order valence-electron chi connectivity index (χ0n) is 9.26. The summed E-state index contributed by atoms with van der Waals surface area (Å²) in [7, 11) is 0. The van der Waals surface area contributed by atoms with Gasteiger partial charge in [0.05, 0.1) is 5.69 Å². The normalized spacial score (nSPS) is 12.6. The Morgan fingerprint density at radius 2 is 2.12 bits per heavy atom. The lowest BCUT2D eigenvalue weighted by Gasteiger charge is -2.11. The molecule has 0 spiro atoms. The van der Waals surface area contributed by atoms with Crippen LogP contribution >= 0.6 is 11.3 Å². The number of rotatable bonds is 4. The van der Waals surface area contributed by atoms with Crippen LogP contribution in [0.15, 0.2) is 29.9 Å². The first-order chi connectivity index (χ1) is 7.85. The van der Waals surface area contributed by atoms with Crippen LogP contribution < -0.4 is 5.73 Å². The molecule has 0 aliphatic carbocycles. The van der Waals surface area contributed by atoms with Gasteiger partial charge in [0.25, 0.3) is 0 Å². The Hall–Kier alpha value is -1.26. The fourth-order valence-corrected chi connectivity index (χ4v) is 2.77. The van der Waals surface area contributed by atoms with Crippen LogP contribution in [0.2, 0.25) is 0 Å². The Bertz CT molecular complexity index is 439. The highest BCUT2D eigenvalue weighted by molar-refractivity contribution is 7.09. The van der Waals surface area contributed by atoms with Crippen LogP contribution in [-0.2, 0) is 6.54 Å². The molecule has 84 valence electrons. The van der Waals surface area contributed by atoms with Crippen LogP contribution in [0.25, 0.3) is 0 Å². The van der Waals surface area contributed by atoms with E-state index >= 15 is 0 Å². The van der Waals surface area contributed by atoms with Crippen LogP contribution in [0.5, 0.6) is 0 Å². The molecule has 2 N–H and O–H groups in total. The quantitative estimate of drug-likeness (QED) is 0.883. The van der Waals surface area contributed by atoms with Crippen molar-refractivity contribution in [3.8, 4) is 0 Å². The van der Waals surface area contributed by atoms with E-state index in [0.717, 1.165) is 17.1 Å². The topological polar surface area (TPSA) is 51.8 Å². The molecule has 1 atom stereocenters. The average Bonchev–Trinajstić information content (AvgIpc) is 2.80. The zero-order valence-corrected chi connectivity index (χ0v) is 10.1. The molecule has 0 aliphatic rings. The summed E-state index contributed by atoms with van der Waals surface area (Å²) in [5.74, 6) is 0.369. The maximum Gasteiger partial charge on any atom is 0.100 e. The lowest BCUT2D eigenvalue weighted by Crippen LogP contribution is -2.01. The molecule has 0 aromatic carbocycles. The SMILES string of the molecule is CCC(c1ccncc1)c1nc(CN)cs1. The van der Waals surface area contributed by atoms with E-state index in [1.54, 1.807) is 11.3 Å². The van der Waals surface area contributed by atoms with Gasteiger partial charge < -0.3 is 5.73 Å². The molecular formula is C12H15N3S. The fourth-order valence-electron chi connectivity index (χ4n) is 1.73. The van der Waals surface area contributed by atoms with Gasteiger partial charge >= 0.3 is 0 Å². The first-order valence-corrected chi connectivity index (χ1v) is 6.27. The van der Waals surface area contributed by atoms with Crippen molar-refractivity contribution in [2.24, 2.45) is 5.73 Å². The van der Waals surface area contributed by atoms with Crippen molar-refractivity contribution >= 4 is 11.3 Å². The van der Waals surface area contributed by atoms with Gasteiger partial charge in [0.2, 0.25) is 0 Å². The summed E-state index contributed by atoms with van der Waals surface area (Å²) in [5.41, 5.74) is 7.83. The number of nitrogens with two attached hydrogens (primary N) is 1. The Morgan fingerprint density at radius 1 is 1.38 bits per heavy atom. The monoisotopic (exact) mass is 233 g/mol. The van der Waals surface area contributed by atoms with Gasteiger partial charge in [-0.3, -0.25) is 4.98 Å². The first-order valence-electron chi connectivity index (χ1n) is 5.39. The minimum absolute atomic E-state index is 0.369. The summed E-state index contributed by atoms with van der Waals surface area (Å²) in [5, 5.41) is 3.19. The molecule has 0 radical (unpaired) electrons. The molecule has 0 bridgehead atoms. The summed E-state index contributed by atoms with van der Waals surface area (Å²) in [4.78, 5) is 8.59. The predicted molar refractivity (Wildman–Crippen MR) is 66.4 cm³/mol. The summed E-state index contributed by atoms with van der Waals surface area (Å²) in [6, 6.07) is 4.11. The molecular weight excluding hydrogens is 218 g/mol. The zero-order chi connectivity index (χ0) is 11.4. The molecule has 0 aliphatic heterocycles. The highest BCUT2D eigenvalue weighted by atomic mass is 32.1. The summed E-state index contributed by atoms with van der Waals surface area (Å²) < 4.78 is 0. The molecule has 0 saturated heterocycles. The minimum atomic E-state index is 0.369. The van der Waals surface area contributed by atoms with Crippen LogP contribution in [0.3, 0.4) is 0 Å². The van der Waals surface area contributed by atoms with Crippen LogP contribution in [0.1, 0.15) is 35.5 Å². The van der Waals surface area contributed by atoms with Gasteiger partial charge in [-0.15, -0.1) is 11.3 Å². The van der Waals surface area contributed by atoms with Crippen molar-refractivity contribution in [2.75, 3.05) is 0 Å². The smallest absolute Gasteiger partial charge is 0.100 e. The van der Waals surface area contributed by atoms with Gasteiger partial charge in [-0.1, -0.05) is 6.92 Å². The van der Waals surface area contributed by atoms with E-state index in [4.69, 9.17) is 5.73 Å². The number of hydrogen-bond donors (Lipinski definition) is 1. The van der Waals surface area contributed by atoms with Crippen molar-refractivity contribution in [3.63, 3.8) is 0 Å². The number of thiazole rings is 1. The predicted octanol–water partition coefficient (Wildman–Crippen LogP) is 2.54. The van der Waals surface area contributed by atoms with Crippen molar-refractivity contribution in [3.05, 3.63) is 46.2 Å². The molecule has 2 aromatic rings. The Kier molecular flexibility index (Phi) is 3.64. The standard InChI is InChI=1S/C12H15N3S/c1-2-11(9-3-5-14-6-4-9)12-15-10(7-13)8-16-12/h3-6,8,11H,2,7,13H2,1H3. The largest absolute Gasteiger partial charge is 0.325 e. The van der Waals surface area contributed by atoms with Gasteiger partial charge in [0.15, 0.2) is 0 Å². The molecule has 2 aromatic heterocycles. The molecule has 1 unspecified atom stereocenters. The van der Waals surface area contributed by atoms with E-state index in [1.807, 2.05) is 17.8 Å². The van der Waals surface area contributed by atoms with Gasteiger partial charge in [0.1, 0.15) is 5.01 Å². The average molecular weight is 233 g/mol. The molecule has 0 saturated carbocycles. The number of nitrogens with zero attached hydrogens (tertiary/aromatic N) is 2. The lowest BCUT2D eigenvalue weighted by molar-refractivity contribution is 0.761. The molecule has 2 rings (SSSR count). The first kappa shape index (κ1) is 11.2. The van der Waals surface area contributed by atoms with Gasteiger partial charge in [-0.25, -0.2) is 4.98 Å². The van der Waals surface area contributed by atoms with Crippen LogP contribution in [-0.4, -0.2) is 9.97 Å². The molecule has 16 heavy (non-hydrogen) atoms. The fraction of sp³-hybridized carbons (Fsp3) is 0.333. The van der Waals surface area contributed by atoms with E-state index in [0.29, 0.717) is 12.5 Å². The highest BCUT2D eigenvalue weighted by Crippen LogP contribution is 2.29. The second kappa shape index (κ2) is 5.18. The maximum atomic E-state index is 5.58. The third-order valence-electron chi connectivity index (χ3n) is 2.59. The van der Waals surface area contributed by atoms with Crippen molar-refractivity contribution < 1.29 is 0 Å². The lowest BCUT2D eigenvalue weighted by atomic mass is 9.98. The minimum Gasteiger partial charge on any atom is -0.325 e. The second-order valence-corrected chi connectivity index (χ2v) is 4.51. The van der Waals surface area contributed by atoms with Crippen molar-refractivity contribution in [2.45, 2.75) is 25.8 Å². The van der Waals surface area contributed by atoms with E-state index in [9.17, 15) is 0 Å². The van der Waals surface area contributed by atoms with Gasteiger partial charge in [-0.2, -0.15) is 0 Å². The Balaban J connectivity index is 2.29. The van der Waals surface area contributed by atoms with Crippen molar-refractivity contribution in [1.29, 1.82) is 0 Å². The van der Waals surface area contributed by atoms with E-state index in [1.165, 1.54) is 5.56 Å². The Labute approximate surface area is 99.4 Å². The summed E-state index contributed by atoms with van der Waals surface area (Å²) in [6.45, 7) is 2.69. The number of hydrogen-bond acceptors (Lipinski definition) is 4. The molecule has 3 nitrogen and oxygen atoms in total. The number of pyridine rings is 1. The summed E-state index contributed by atoms with van der Waals surface area (Å²) in [6.07, 6.45) is 4.70. The molecule has 4 heteroatoms. The van der Waals surface area contributed by atoms with Crippen molar-refractivity contribution in [1.82, 2.24) is 9.97 Å². The third-order valence-corrected chi connectivity index (χ3v) is 3.60. The van der Waals surface area contributed by atoms with Crippen LogP contribution in [0.4, 0.5) is 0 Å². The molecule has 0 fully saturated rings. The van der Waals surface area contributed by atoms with E-state index < -0.39 is 0 Å². The van der Waals surface area contributed by atoms with E-state index in [-0.39, 0.29) is 0 Å².